The maximum absolute atomic E-state index is 3.51. The highest BCUT2D eigenvalue weighted by atomic mass is 32.2. The number of likely N-dealkylation sites (tertiary alicyclic amines) is 1. The molecule has 17 heavy (non-hydrogen) atoms. The van der Waals surface area contributed by atoms with Gasteiger partial charge in [-0.05, 0) is 64.4 Å². The maximum atomic E-state index is 3.51. The van der Waals surface area contributed by atoms with Gasteiger partial charge in [0.05, 0.1) is 0 Å². The van der Waals surface area contributed by atoms with Crippen molar-refractivity contribution in [1.82, 2.24) is 10.2 Å². The molecule has 2 rings (SSSR count). The molecule has 0 radical (unpaired) electrons. The molecular weight excluding hydrogens is 228 g/mol. The number of nitrogens with one attached hydrogen (secondary N) is 1. The molecule has 1 aliphatic heterocycles. The molecule has 0 aromatic heterocycles. The topological polar surface area (TPSA) is 15.3 Å². The number of nitrogens with zero attached hydrogens (tertiary/aromatic N) is 1. The average Bonchev–Trinajstić information content (AvgIpc) is 2.67. The molecule has 100 valence electrons. The second-order valence-corrected chi connectivity index (χ2v) is 6.81. The summed E-state index contributed by atoms with van der Waals surface area (Å²) in [6.07, 6.45) is 10.8. The Hall–Kier alpha value is 0.270. The number of hydrogen-bond donors (Lipinski definition) is 1. The second-order valence-electron chi connectivity index (χ2n) is 5.68. The molecule has 0 amide bonds. The highest BCUT2D eigenvalue weighted by Gasteiger charge is 2.28. The van der Waals surface area contributed by atoms with Crippen molar-refractivity contribution in [3.8, 4) is 0 Å². The highest BCUT2D eigenvalue weighted by Crippen LogP contribution is 2.28. The monoisotopic (exact) mass is 256 g/mol. The number of thioether (sulfide) groups is 1. The van der Waals surface area contributed by atoms with Gasteiger partial charge in [-0.25, -0.2) is 0 Å². The van der Waals surface area contributed by atoms with Crippen molar-refractivity contribution in [3.05, 3.63) is 0 Å². The third kappa shape index (κ3) is 3.87. The molecule has 0 aromatic carbocycles. The van der Waals surface area contributed by atoms with E-state index in [4.69, 9.17) is 0 Å². The van der Waals surface area contributed by atoms with E-state index in [1.165, 1.54) is 58.2 Å². The summed E-state index contributed by atoms with van der Waals surface area (Å²) < 4.78 is 0. The molecule has 2 fully saturated rings. The van der Waals surface area contributed by atoms with Crippen LogP contribution in [-0.4, -0.2) is 49.1 Å². The molecule has 3 atom stereocenters. The molecule has 0 bridgehead atoms. The van der Waals surface area contributed by atoms with Gasteiger partial charge in [0.25, 0.3) is 0 Å². The van der Waals surface area contributed by atoms with Crippen molar-refractivity contribution < 1.29 is 0 Å². The van der Waals surface area contributed by atoms with Gasteiger partial charge in [-0.15, -0.1) is 0 Å². The van der Waals surface area contributed by atoms with E-state index in [0.717, 1.165) is 17.2 Å². The van der Waals surface area contributed by atoms with Crippen molar-refractivity contribution in [2.75, 3.05) is 32.9 Å². The fraction of sp³-hybridized carbons (Fsp3) is 1.00. The Morgan fingerprint density at radius 1 is 1.12 bits per heavy atom. The van der Waals surface area contributed by atoms with Gasteiger partial charge in [-0.3, -0.25) is 0 Å². The molecule has 1 heterocycles. The molecule has 1 aliphatic carbocycles. The van der Waals surface area contributed by atoms with Gasteiger partial charge in [0.15, 0.2) is 0 Å². The lowest BCUT2D eigenvalue weighted by atomic mass is 10.0. The minimum absolute atomic E-state index is 0.787. The van der Waals surface area contributed by atoms with Gasteiger partial charge < -0.3 is 10.2 Å². The summed E-state index contributed by atoms with van der Waals surface area (Å²) in [6, 6.07) is 0.787. The van der Waals surface area contributed by atoms with Crippen LogP contribution in [0, 0.1) is 5.92 Å². The van der Waals surface area contributed by atoms with Gasteiger partial charge in [-0.1, -0.05) is 6.42 Å². The van der Waals surface area contributed by atoms with E-state index in [1.807, 2.05) is 0 Å². The van der Waals surface area contributed by atoms with Crippen LogP contribution in [0.3, 0.4) is 0 Å². The van der Waals surface area contributed by atoms with E-state index in [-0.39, 0.29) is 0 Å². The zero-order chi connectivity index (χ0) is 12.1. The first-order chi connectivity index (χ1) is 8.33. The van der Waals surface area contributed by atoms with Crippen LogP contribution >= 0.6 is 11.8 Å². The van der Waals surface area contributed by atoms with Crippen LogP contribution < -0.4 is 5.32 Å². The molecule has 1 saturated heterocycles. The lowest BCUT2D eigenvalue weighted by Gasteiger charge is -2.27. The Morgan fingerprint density at radius 2 is 2.00 bits per heavy atom. The third-order valence-electron chi connectivity index (χ3n) is 4.62. The van der Waals surface area contributed by atoms with Crippen molar-refractivity contribution in [2.24, 2.45) is 5.92 Å². The van der Waals surface area contributed by atoms with Gasteiger partial charge in [0, 0.05) is 17.8 Å². The Bertz CT molecular complexity index is 222. The first kappa shape index (κ1) is 13.7. The lowest BCUT2D eigenvalue weighted by Crippen LogP contribution is -2.38. The lowest BCUT2D eigenvalue weighted by molar-refractivity contribution is 0.223. The van der Waals surface area contributed by atoms with Crippen molar-refractivity contribution >= 4 is 11.8 Å². The largest absolute Gasteiger partial charge is 0.317 e. The van der Waals surface area contributed by atoms with Gasteiger partial charge in [-0.2, -0.15) is 11.8 Å². The maximum Gasteiger partial charge on any atom is 0.0104 e. The first-order valence-corrected chi connectivity index (χ1v) is 8.54. The molecule has 1 saturated carbocycles. The quantitative estimate of drug-likeness (QED) is 0.832. The first-order valence-electron chi connectivity index (χ1n) is 7.26. The van der Waals surface area contributed by atoms with E-state index >= 15 is 0 Å². The van der Waals surface area contributed by atoms with Crippen LogP contribution in [0.25, 0.3) is 0 Å². The predicted octanol–water partition coefficient (Wildman–Crippen LogP) is 2.59. The van der Waals surface area contributed by atoms with Gasteiger partial charge in [0.2, 0.25) is 0 Å². The smallest absolute Gasteiger partial charge is 0.0104 e. The Kier molecular flexibility index (Phi) is 5.64. The summed E-state index contributed by atoms with van der Waals surface area (Å²) in [6.45, 7) is 4.01. The van der Waals surface area contributed by atoms with E-state index in [0.29, 0.717) is 0 Å². The Balaban J connectivity index is 1.78. The summed E-state index contributed by atoms with van der Waals surface area (Å²) in [5, 5.41) is 4.43. The van der Waals surface area contributed by atoms with E-state index in [2.05, 4.69) is 35.3 Å². The van der Waals surface area contributed by atoms with Crippen LogP contribution in [0.2, 0.25) is 0 Å². The Morgan fingerprint density at radius 3 is 2.76 bits per heavy atom. The molecule has 0 aromatic rings. The minimum atomic E-state index is 0.787. The summed E-state index contributed by atoms with van der Waals surface area (Å²) in [7, 11) is 2.13. The molecule has 2 nitrogen and oxygen atoms in total. The second kappa shape index (κ2) is 7.01. The zero-order valence-corrected chi connectivity index (χ0v) is 12.3. The van der Waals surface area contributed by atoms with E-state index in [1.54, 1.807) is 0 Å². The third-order valence-corrected chi connectivity index (χ3v) is 5.76. The molecule has 3 heteroatoms. The highest BCUT2D eigenvalue weighted by molar-refractivity contribution is 7.99. The van der Waals surface area contributed by atoms with E-state index < -0.39 is 0 Å². The fourth-order valence-electron chi connectivity index (χ4n) is 3.51. The number of rotatable bonds is 4. The molecule has 3 unspecified atom stereocenters. The normalized spacial score (nSPS) is 36.0. The SMILES string of the molecule is CNC1CCCC1CN1CCCC(SC)CC1. The molecule has 0 spiro atoms. The summed E-state index contributed by atoms with van der Waals surface area (Å²) in [5.74, 6) is 0.908. The zero-order valence-electron chi connectivity index (χ0n) is 11.5. The molecule has 2 aliphatic rings. The van der Waals surface area contributed by atoms with E-state index in [9.17, 15) is 0 Å². The van der Waals surface area contributed by atoms with Crippen LogP contribution in [0.5, 0.6) is 0 Å². The van der Waals surface area contributed by atoms with Crippen LogP contribution in [-0.2, 0) is 0 Å². The standard InChI is InChI=1S/C14H28N2S/c1-15-14-7-3-5-12(14)11-16-9-4-6-13(17-2)8-10-16/h12-15H,3-11H2,1-2H3. The predicted molar refractivity (Wildman–Crippen MR) is 77.8 cm³/mol. The van der Waals surface area contributed by atoms with Crippen LogP contribution in [0.1, 0.15) is 38.5 Å². The van der Waals surface area contributed by atoms with Crippen LogP contribution in [0.15, 0.2) is 0 Å². The average molecular weight is 256 g/mol. The molecular formula is C14H28N2S. The summed E-state index contributed by atoms with van der Waals surface area (Å²) in [4.78, 5) is 2.73. The van der Waals surface area contributed by atoms with Gasteiger partial charge in [0.1, 0.15) is 0 Å². The van der Waals surface area contributed by atoms with Crippen molar-refractivity contribution in [2.45, 2.75) is 49.8 Å². The van der Waals surface area contributed by atoms with Crippen molar-refractivity contribution in [3.63, 3.8) is 0 Å². The van der Waals surface area contributed by atoms with Crippen molar-refractivity contribution in [1.29, 1.82) is 0 Å². The minimum Gasteiger partial charge on any atom is -0.317 e. The van der Waals surface area contributed by atoms with Gasteiger partial charge >= 0.3 is 0 Å². The summed E-state index contributed by atoms with van der Waals surface area (Å²) in [5.41, 5.74) is 0. The Labute approximate surface area is 111 Å². The fourth-order valence-corrected chi connectivity index (χ4v) is 4.25. The molecule has 1 N–H and O–H groups in total. The van der Waals surface area contributed by atoms with Crippen LogP contribution in [0.4, 0.5) is 0 Å². The number of hydrogen-bond acceptors (Lipinski definition) is 3. The summed E-state index contributed by atoms with van der Waals surface area (Å²) >= 11 is 2.07.